The van der Waals surface area contributed by atoms with Gasteiger partial charge in [-0.05, 0) is 32.1 Å². The average Bonchev–Trinajstić information content (AvgIpc) is 2.57. The van der Waals surface area contributed by atoms with Gasteiger partial charge in [0.25, 0.3) is 12.9 Å². The van der Waals surface area contributed by atoms with Gasteiger partial charge in [0, 0.05) is 6.42 Å². The highest BCUT2D eigenvalue weighted by atomic mass is 16.6. The molecule has 0 spiro atoms. The maximum atomic E-state index is 11.3. The second kappa shape index (κ2) is 8.80. The Labute approximate surface area is 144 Å². The molecule has 2 N–H and O–H groups in total. The summed E-state index contributed by atoms with van der Waals surface area (Å²) in [6.45, 7) is 0.615. The molecule has 0 aliphatic heterocycles. The number of hydrogen-bond acceptors (Lipinski definition) is 7. The Balaban J connectivity index is 1.93. The average molecular weight is 358 g/mol. The first-order valence-electron chi connectivity index (χ1n) is 8.25. The molecule has 6 unspecified atom stereocenters. The lowest BCUT2D eigenvalue weighted by Crippen LogP contribution is -2.43. The van der Waals surface area contributed by atoms with Crippen LogP contribution in [0.4, 0.5) is 0 Å². The van der Waals surface area contributed by atoms with Crippen molar-refractivity contribution in [2.24, 2.45) is 11.8 Å². The number of carboxylic acid groups (broad SMARTS) is 2. The van der Waals surface area contributed by atoms with Gasteiger partial charge in [-0.25, -0.2) is 0 Å². The molecule has 0 aromatic rings. The van der Waals surface area contributed by atoms with Gasteiger partial charge < -0.3 is 24.4 Å². The van der Waals surface area contributed by atoms with E-state index < -0.39 is 36.0 Å². The van der Waals surface area contributed by atoms with Crippen LogP contribution in [-0.2, 0) is 33.4 Å². The summed E-state index contributed by atoms with van der Waals surface area (Å²) >= 11 is 0. The van der Waals surface area contributed by atoms with Gasteiger partial charge in [-0.3, -0.25) is 19.2 Å². The summed E-state index contributed by atoms with van der Waals surface area (Å²) in [6, 6.07) is 0. The molecular formula is C16H22O9. The predicted octanol–water partition coefficient (Wildman–Crippen LogP) is 0.593. The minimum atomic E-state index is -1.13. The van der Waals surface area contributed by atoms with Crippen molar-refractivity contribution in [1.29, 1.82) is 0 Å². The zero-order valence-electron chi connectivity index (χ0n) is 13.6. The molecule has 2 saturated carbocycles. The zero-order valence-corrected chi connectivity index (χ0v) is 13.6. The first kappa shape index (κ1) is 19.2. The van der Waals surface area contributed by atoms with E-state index >= 15 is 0 Å². The summed E-state index contributed by atoms with van der Waals surface area (Å²) in [6.07, 6.45) is 0.482. The van der Waals surface area contributed by atoms with Gasteiger partial charge in [0.2, 0.25) is 0 Å². The molecule has 2 fully saturated rings. The largest absolute Gasteiger partial charge is 0.481 e. The molecule has 0 radical (unpaired) electrons. The second-order valence-electron chi connectivity index (χ2n) is 6.44. The van der Waals surface area contributed by atoms with E-state index in [0.29, 0.717) is 38.6 Å². The molecule has 0 amide bonds. The van der Waals surface area contributed by atoms with Crippen LogP contribution in [0.15, 0.2) is 0 Å². The van der Waals surface area contributed by atoms with Crippen molar-refractivity contribution in [3.63, 3.8) is 0 Å². The fraction of sp³-hybridized carbons (Fsp3) is 0.750. The van der Waals surface area contributed by atoms with E-state index in [2.05, 4.69) is 0 Å². The highest BCUT2D eigenvalue weighted by Crippen LogP contribution is 2.35. The molecule has 2 aliphatic rings. The summed E-state index contributed by atoms with van der Waals surface area (Å²) in [5.41, 5.74) is 0. The first-order chi connectivity index (χ1) is 12.0. The maximum absolute atomic E-state index is 11.3. The van der Waals surface area contributed by atoms with Crippen molar-refractivity contribution < 1.29 is 43.6 Å². The van der Waals surface area contributed by atoms with E-state index in [9.17, 15) is 24.3 Å². The SMILES string of the molecule is O=COC1CCC(OC2CCC(C(=O)O)C(C(=O)O)C2)CC1OC=O. The molecule has 0 bridgehead atoms. The lowest BCUT2D eigenvalue weighted by Gasteiger charge is -2.37. The van der Waals surface area contributed by atoms with E-state index in [1.165, 1.54) is 0 Å². The highest BCUT2D eigenvalue weighted by molar-refractivity contribution is 5.80. The van der Waals surface area contributed by atoms with Gasteiger partial charge in [0.05, 0.1) is 24.0 Å². The van der Waals surface area contributed by atoms with Crippen molar-refractivity contribution in [3.8, 4) is 0 Å². The Bertz CT molecular complexity index is 506. The van der Waals surface area contributed by atoms with Crippen LogP contribution in [0.1, 0.15) is 38.5 Å². The van der Waals surface area contributed by atoms with Gasteiger partial charge in [0.1, 0.15) is 12.2 Å². The fourth-order valence-electron chi connectivity index (χ4n) is 3.73. The van der Waals surface area contributed by atoms with Gasteiger partial charge in [-0.15, -0.1) is 0 Å². The van der Waals surface area contributed by atoms with Crippen LogP contribution in [0.3, 0.4) is 0 Å². The Morgan fingerprint density at radius 1 is 0.760 bits per heavy atom. The number of carbonyl (C=O) groups excluding carboxylic acids is 2. The minimum Gasteiger partial charge on any atom is -0.481 e. The normalized spacial score (nSPS) is 35.4. The molecule has 9 nitrogen and oxygen atoms in total. The fourth-order valence-corrected chi connectivity index (χ4v) is 3.73. The standard InChI is InChI=1S/C16H22O9/c17-7-23-13-4-2-10(6-14(13)24-8-18)25-9-1-3-11(15(19)20)12(5-9)16(21)22/h7-14H,1-6H2,(H,19,20)(H,21,22). The smallest absolute Gasteiger partial charge is 0.307 e. The third-order valence-electron chi connectivity index (χ3n) is 4.97. The maximum Gasteiger partial charge on any atom is 0.307 e. The number of hydrogen-bond donors (Lipinski definition) is 2. The quantitative estimate of drug-likeness (QED) is 0.597. The molecule has 6 atom stereocenters. The minimum absolute atomic E-state index is 0.135. The highest BCUT2D eigenvalue weighted by Gasteiger charge is 2.41. The Hall–Kier alpha value is -2.16. The van der Waals surface area contributed by atoms with Crippen LogP contribution in [0.5, 0.6) is 0 Å². The van der Waals surface area contributed by atoms with Crippen molar-refractivity contribution >= 4 is 24.9 Å². The van der Waals surface area contributed by atoms with E-state index in [1.807, 2.05) is 0 Å². The summed E-state index contributed by atoms with van der Waals surface area (Å²) < 4.78 is 15.8. The van der Waals surface area contributed by atoms with Crippen molar-refractivity contribution in [2.75, 3.05) is 0 Å². The number of rotatable bonds is 8. The number of ether oxygens (including phenoxy) is 3. The van der Waals surface area contributed by atoms with Crippen LogP contribution in [0, 0.1) is 11.8 Å². The summed E-state index contributed by atoms with van der Waals surface area (Å²) in [5.74, 6) is -4.11. The topological polar surface area (TPSA) is 136 Å². The van der Waals surface area contributed by atoms with Crippen LogP contribution >= 0.6 is 0 Å². The van der Waals surface area contributed by atoms with E-state index in [0.717, 1.165) is 0 Å². The molecule has 140 valence electrons. The van der Waals surface area contributed by atoms with Crippen molar-refractivity contribution in [2.45, 2.75) is 62.9 Å². The Kier molecular flexibility index (Phi) is 6.74. The second-order valence-corrected chi connectivity index (χ2v) is 6.44. The van der Waals surface area contributed by atoms with E-state index in [1.54, 1.807) is 0 Å². The van der Waals surface area contributed by atoms with Gasteiger partial charge in [-0.2, -0.15) is 0 Å². The monoisotopic (exact) mass is 358 g/mol. The van der Waals surface area contributed by atoms with E-state index in [-0.39, 0.29) is 25.0 Å². The van der Waals surface area contributed by atoms with Gasteiger partial charge in [0.15, 0.2) is 0 Å². The zero-order chi connectivity index (χ0) is 18.4. The molecule has 9 heteroatoms. The van der Waals surface area contributed by atoms with Gasteiger partial charge in [-0.1, -0.05) is 0 Å². The molecule has 0 aromatic heterocycles. The number of aliphatic carboxylic acids is 2. The Morgan fingerprint density at radius 3 is 1.92 bits per heavy atom. The molecule has 0 aromatic carbocycles. The van der Waals surface area contributed by atoms with Crippen LogP contribution < -0.4 is 0 Å². The third-order valence-corrected chi connectivity index (χ3v) is 4.97. The lowest BCUT2D eigenvalue weighted by molar-refractivity contribution is -0.169. The summed E-state index contributed by atoms with van der Waals surface area (Å²) in [7, 11) is 0. The van der Waals surface area contributed by atoms with E-state index in [4.69, 9.17) is 19.3 Å². The predicted molar refractivity (Wildman–Crippen MR) is 80.5 cm³/mol. The van der Waals surface area contributed by atoms with Crippen molar-refractivity contribution in [1.82, 2.24) is 0 Å². The number of carbonyl (C=O) groups is 4. The lowest BCUT2D eigenvalue weighted by atomic mass is 9.77. The molecule has 25 heavy (non-hydrogen) atoms. The summed E-state index contributed by atoms with van der Waals surface area (Å²) in [5, 5.41) is 18.4. The molecule has 2 rings (SSSR count). The van der Waals surface area contributed by atoms with Crippen LogP contribution in [0.25, 0.3) is 0 Å². The number of carboxylic acids is 2. The molecule has 2 aliphatic carbocycles. The third kappa shape index (κ3) is 4.91. The summed E-state index contributed by atoms with van der Waals surface area (Å²) in [4.78, 5) is 43.6. The van der Waals surface area contributed by atoms with Crippen LogP contribution in [-0.4, -0.2) is 59.5 Å². The first-order valence-corrected chi connectivity index (χ1v) is 8.25. The van der Waals surface area contributed by atoms with Crippen LogP contribution in [0.2, 0.25) is 0 Å². The van der Waals surface area contributed by atoms with Crippen molar-refractivity contribution in [3.05, 3.63) is 0 Å². The molecule has 0 heterocycles. The molecular weight excluding hydrogens is 336 g/mol. The molecule has 0 saturated heterocycles. The Morgan fingerprint density at radius 2 is 1.32 bits per heavy atom. The van der Waals surface area contributed by atoms with Gasteiger partial charge >= 0.3 is 11.9 Å².